The van der Waals surface area contributed by atoms with Crippen LogP contribution >= 0.6 is 0 Å². The number of aryl methyl sites for hydroxylation is 1. The average molecular weight is 362 g/mol. The normalized spacial score (nSPS) is 17.9. The van der Waals surface area contributed by atoms with Gasteiger partial charge in [-0.25, -0.2) is 17.5 Å². The highest BCUT2D eigenvalue weighted by atomic mass is 32.2. The monoisotopic (exact) mass is 362 g/mol. The summed E-state index contributed by atoms with van der Waals surface area (Å²) in [5.74, 6) is -0.512. The molecule has 0 radical (unpaired) electrons. The molecule has 1 aliphatic rings. The Hall–Kier alpha value is -2.25. The summed E-state index contributed by atoms with van der Waals surface area (Å²) < 4.78 is 40.8. The molecular weight excluding hydrogens is 343 g/mol. The molecule has 0 aliphatic carbocycles. The standard InChI is InChI=1S/C18H19FN2O3S/c1-13-4-2-7-17(8-13)25(23,24)20-16-10-18(22)21(12-16)11-14-5-3-6-15(19)9-14/h2-9,16,20H,10-12H2,1H3/t16-/m0/s1. The van der Waals surface area contributed by atoms with Crippen LogP contribution in [0.1, 0.15) is 17.5 Å². The van der Waals surface area contributed by atoms with Gasteiger partial charge < -0.3 is 4.90 Å². The summed E-state index contributed by atoms with van der Waals surface area (Å²) >= 11 is 0. The second-order valence-electron chi connectivity index (χ2n) is 6.24. The number of carbonyl (C=O) groups is 1. The summed E-state index contributed by atoms with van der Waals surface area (Å²) in [6, 6.07) is 12.2. The lowest BCUT2D eigenvalue weighted by Gasteiger charge is -2.17. The number of benzene rings is 2. The number of nitrogens with one attached hydrogen (secondary N) is 1. The molecule has 2 aromatic rings. The van der Waals surface area contributed by atoms with Crippen molar-refractivity contribution in [2.24, 2.45) is 0 Å². The van der Waals surface area contributed by atoms with Gasteiger partial charge in [-0.05, 0) is 42.3 Å². The van der Waals surface area contributed by atoms with Crippen LogP contribution in [0.4, 0.5) is 4.39 Å². The van der Waals surface area contributed by atoms with Crippen molar-refractivity contribution in [1.82, 2.24) is 9.62 Å². The molecular formula is C18H19FN2O3S. The highest BCUT2D eigenvalue weighted by molar-refractivity contribution is 7.89. The molecule has 1 N–H and O–H groups in total. The second kappa shape index (κ2) is 6.93. The minimum atomic E-state index is -3.68. The SMILES string of the molecule is Cc1cccc(S(=O)(=O)N[C@H]2CC(=O)N(Cc3cccc(F)c3)C2)c1. The lowest BCUT2D eigenvalue weighted by Crippen LogP contribution is -2.37. The number of halogens is 1. The molecule has 0 unspecified atom stereocenters. The van der Waals surface area contributed by atoms with E-state index in [4.69, 9.17) is 0 Å². The Morgan fingerprint density at radius 2 is 1.96 bits per heavy atom. The summed E-state index contributed by atoms with van der Waals surface area (Å²) in [6.45, 7) is 2.35. The Morgan fingerprint density at radius 3 is 2.68 bits per heavy atom. The van der Waals surface area contributed by atoms with E-state index in [0.29, 0.717) is 5.56 Å². The molecule has 132 valence electrons. The first-order valence-electron chi connectivity index (χ1n) is 7.95. The summed E-state index contributed by atoms with van der Waals surface area (Å²) in [6.07, 6.45) is 0.0976. The van der Waals surface area contributed by atoms with Gasteiger partial charge in [-0.1, -0.05) is 24.3 Å². The lowest BCUT2D eigenvalue weighted by atomic mass is 10.2. The molecule has 5 nitrogen and oxygen atoms in total. The molecule has 1 heterocycles. The molecule has 0 saturated carbocycles. The van der Waals surface area contributed by atoms with Crippen LogP contribution in [-0.4, -0.2) is 31.8 Å². The number of amides is 1. The van der Waals surface area contributed by atoms with Crippen molar-refractivity contribution in [3.8, 4) is 0 Å². The van der Waals surface area contributed by atoms with Crippen LogP contribution in [0.15, 0.2) is 53.4 Å². The largest absolute Gasteiger partial charge is 0.337 e. The smallest absolute Gasteiger partial charge is 0.240 e. The molecule has 0 aromatic heterocycles. The van der Waals surface area contributed by atoms with Crippen LogP contribution in [0.25, 0.3) is 0 Å². The molecule has 25 heavy (non-hydrogen) atoms. The number of rotatable bonds is 5. The van der Waals surface area contributed by atoms with E-state index in [-0.39, 0.29) is 36.1 Å². The van der Waals surface area contributed by atoms with Crippen LogP contribution < -0.4 is 4.72 Å². The van der Waals surface area contributed by atoms with Crippen molar-refractivity contribution in [3.05, 3.63) is 65.5 Å². The molecule has 1 fully saturated rings. The Labute approximate surface area is 146 Å². The topological polar surface area (TPSA) is 66.5 Å². The Morgan fingerprint density at radius 1 is 1.20 bits per heavy atom. The minimum Gasteiger partial charge on any atom is -0.337 e. The Kier molecular flexibility index (Phi) is 4.87. The second-order valence-corrected chi connectivity index (χ2v) is 7.96. The molecule has 1 atom stereocenters. The maximum atomic E-state index is 13.3. The van der Waals surface area contributed by atoms with Crippen molar-refractivity contribution in [2.45, 2.75) is 30.8 Å². The van der Waals surface area contributed by atoms with Gasteiger partial charge in [0.15, 0.2) is 0 Å². The van der Waals surface area contributed by atoms with E-state index in [1.54, 1.807) is 24.3 Å². The molecule has 1 aliphatic heterocycles. The van der Waals surface area contributed by atoms with Crippen LogP contribution in [-0.2, 0) is 21.4 Å². The maximum absolute atomic E-state index is 13.3. The first-order valence-corrected chi connectivity index (χ1v) is 9.43. The van der Waals surface area contributed by atoms with E-state index >= 15 is 0 Å². The van der Waals surface area contributed by atoms with Gasteiger partial charge in [0.25, 0.3) is 0 Å². The van der Waals surface area contributed by atoms with Crippen molar-refractivity contribution in [3.63, 3.8) is 0 Å². The third kappa shape index (κ3) is 4.24. The van der Waals surface area contributed by atoms with E-state index < -0.39 is 16.1 Å². The number of sulfonamides is 1. The Bertz CT molecular complexity index is 899. The van der Waals surface area contributed by atoms with Crippen molar-refractivity contribution < 1.29 is 17.6 Å². The van der Waals surface area contributed by atoms with Crippen molar-refractivity contribution in [2.75, 3.05) is 6.54 Å². The molecule has 1 saturated heterocycles. The van der Waals surface area contributed by atoms with Crippen molar-refractivity contribution >= 4 is 15.9 Å². The summed E-state index contributed by atoms with van der Waals surface area (Å²) in [5, 5.41) is 0. The van der Waals surface area contributed by atoms with Crippen LogP contribution in [0.5, 0.6) is 0 Å². The van der Waals surface area contributed by atoms with Gasteiger partial charge in [-0.3, -0.25) is 4.79 Å². The predicted molar refractivity (Wildman–Crippen MR) is 91.7 cm³/mol. The van der Waals surface area contributed by atoms with Crippen molar-refractivity contribution in [1.29, 1.82) is 0 Å². The molecule has 1 amide bonds. The zero-order valence-electron chi connectivity index (χ0n) is 13.8. The number of carbonyl (C=O) groups excluding carboxylic acids is 1. The van der Waals surface area contributed by atoms with Crippen LogP contribution in [0, 0.1) is 12.7 Å². The van der Waals surface area contributed by atoms with Crippen LogP contribution in [0.3, 0.4) is 0 Å². The molecule has 0 spiro atoms. The van der Waals surface area contributed by atoms with E-state index in [0.717, 1.165) is 5.56 Å². The summed E-state index contributed by atoms with van der Waals surface area (Å²) in [4.78, 5) is 13.9. The number of nitrogens with zero attached hydrogens (tertiary/aromatic N) is 1. The first kappa shape index (κ1) is 17.6. The van der Waals surface area contributed by atoms with E-state index in [1.165, 1.54) is 23.1 Å². The van der Waals surface area contributed by atoms with Gasteiger partial charge in [0.05, 0.1) is 4.90 Å². The van der Waals surface area contributed by atoms with E-state index in [9.17, 15) is 17.6 Å². The van der Waals surface area contributed by atoms with E-state index in [2.05, 4.69) is 4.72 Å². The average Bonchev–Trinajstić information content (AvgIpc) is 2.86. The molecule has 2 aromatic carbocycles. The predicted octanol–water partition coefficient (Wildman–Crippen LogP) is 2.21. The van der Waals surface area contributed by atoms with Gasteiger partial charge in [0, 0.05) is 25.6 Å². The fraction of sp³-hybridized carbons (Fsp3) is 0.278. The van der Waals surface area contributed by atoms with Gasteiger partial charge in [0.2, 0.25) is 15.9 Å². The van der Waals surface area contributed by atoms with Gasteiger partial charge in [0.1, 0.15) is 5.82 Å². The van der Waals surface area contributed by atoms with Crippen LogP contribution in [0.2, 0.25) is 0 Å². The van der Waals surface area contributed by atoms with Gasteiger partial charge in [-0.2, -0.15) is 0 Å². The number of hydrogen-bond donors (Lipinski definition) is 1. The summed E-state index contributed by atoms with van der Waals surface area (Å²) in [7, 11) is -3.68. The molecule has 0 bridgehead atoms. The van der Waals surface area contributed by atoms with Gasteiger partial charge in [-0.15, -0.1) is 0 Å². The third-order valence-corrected chi connectivity index (χ3v) is 5.62. The number of likely N-dealkylation sites (tertiary alicyclic amines) is 1. The van der Waals surface area contributed by atoms with Gasteiger partial charge >= 0.3 is 0 Å². The first-order chi connectivity index (χ1) is 11.8. The highest BCUT2D eigenvalue weighted by Gasteiger charge is 2.32. The fourth-order valence-corrected chi connectivity index (χ4v) is 4.26. The number of hydrogen-bond acceptors (Lipinski definition) is 3. The third-order valence-electron chi connectivity index (χ3n) is 4.10. The zero-order chi connectivity index (χ0) is 18.0. The lowest BCUT2D eigenvalue weighted by molar-refractivity contribution is -0.128. The highest BCUT2D eigenvalue weighted by Crippen LogP contribution is 2.18. The maximum Gasteiger partial charge on any atom is 0.240 e. The Balaban J connectivity index is 1.68. The van der Waals surface area contributed by atoms with E-state index in [1.807, 2.05) is 13.0 Å². The summed E-state index contributed by atoms with van der Waals surface area (Å²) in [5.41, 5.74) is 1.52. The quantitative estimate of drug-likeness (QED) is 0.887. The molecule has 3 rings (SSSR count). The fourth-order valence-electron chi connectivity index (χ4n) is 2.93. The molecule has 7 heteroatoms. The minimum absolute atomic E-state index is 0.0976. The zero-order valence-corrected chi connectivity index (χ0v) is 14.6.